The van der Waals surface area contributed by atoms with Crippen LogP contribution >= 0.6 is 23.2 Å². The van der Waals surface area contributed by atoms with Crippen LogP contribution in [0.25, 0.3) is 0 Å². The first-order valence-electron chi connectivity index (χ1n) is 9.43. The quantitative estimate of drug-likeness (QED) is 0.572. The van der Waals surface area contributed by atoms with Crippen LogP contribution < -0.4 is 16.0 Å². The van der Waals surface area contributed by atoms with Crippen molar-refractivity contribution in [2.45, 2.75) is 19.4 Å². The number of benzene rings is 2. The molecule has 8 nitrogen and oxygen atoms in total. The van der Waals surface area contributed by atoms with E-state index in [-0.39, 0.29) is 10.9 Å². The van der Waals surface area contributed by atoms with Gasteiger partial charge in [-0.2, -0.15) is 0 Å². The molecule has 0 spiro atoms. The van der Waals surface area contributed by atoms with Crippen molar-refractivity contribution in [2.75, 3.05) is 18.4 Å². The normalized spacial score (nSPS) is 18.0. The molecule has 0 saturated carbocycles. The number of urea groups is 1. The molecule has 3 N–H and O–H groups in total. The minimum atomic E-state index is -1.39. The second-order valence-electron chi connectivity index (χ2n) is 7.06. The topological polar surface area (TPSA) is 108 Å². The average molecular weight is 463 g/mol. The lowest BCUT2D eigenvalue weighted by molar-refractivity contribution is -0.133. The Morgan fingerprint density at radius 2 is 1.84 bits per heavy atom. The van der Waals surface area contributed by atoms with E-state index in [4.69, 9.17) is 23.2 Å². The number of amides is 5. The summed E-state index contributed by atoms with van der Waals surface area (Å²) < 4.78 is 0. The van der Waals surface area contributed by atoms with E-state index in [1.165, 1.54) is 25.1 Å². The molecule has 1 aliphatic heterocycles. The first-order valence-corrected chi connectivity index (χ1v) is 10.2. The molecule has 1 saturated heterocycles. The van der Waals surface area contributed by atoms with Gasteiger partial charge in [0.25, 0.3) is 11.8 Å². The van der Waals surface area contributed by atoms with Crippen LogP contribution in [0.1, 0.15) is 29.8 Å². The van der Waals surface area contributed by atoms with E-state index in [1.54, 1.807) is 31.2 Å². The third-order valence-corrected chi connectivity index (χ3v) is 5.56. The van der Waals surface area contributed by atoms with Gasteiger partial charge in [-0.15, -0.1) is 0 Å². The van der Waals surface area contributed by atoms with Crippen LogP contribution in [0.2, 0.25) is 10.0 Å². The van der Waals surface area contributed by atoms with Crippen LogP contribution in [0.4, 0.5) is 10.5 Å². The van der Waals surface area contributed by atoms with Crippen molar-refractivity contribution in [1.29, 1.82) is 0 Å². The molecule has 1 fully saturated rings. The van der Waals surface area contributed by atoms with E-state index < -0.39 is 29.9 Å². The molecule has 2 aromatic carbocycles. The number of rotatable bonds is 6. The Balaban J connectivity index is 1.73. The number of carbonyl (C=O) groups is 4. The summed E-state index contributed by atoms with van der Waals surface area (Å²) >= 11 is 12.0. The monoisotopic (exact) mass is 462 g/mol. The fraction of sp³-hybridized carbons (Fsp3) is 0.238. The zero-order valence-corrected chi connectivity index (χ0v) is 18.3. The van der Waals surface area contributed by atoms with Crippen molar-refractivity contribution in [3.8, 4) is 0 Å². The number of nitrogens with one attached hydrogen (secondary N) is 3. The summed E-state index contributed by atoms with van der Waals surface area (Å²) in [5, 5.41) is 8.43. The number of carbonyl (C=O) groups excluding carboxylic acids is 4. The molecule has 3 rings (SSSR count). The summed E-state index contributed by atoms with van der Waals surface area (Å²) in [6, 6.07) is 10.3. The van der Waals surface area contributed by atoms with Crippen molar-refractivity contribution in [1.82, 2.24) is 15.5 Å². The molecule has 0 radical (unpaired) electrons. The van der Waals surface area contributed by atoms with Crippen LogP contribution in [-0.4, -0.2) is 41.7 Å². The molecule has 1 aliphatic rings. The van der Waals surface area contributed by atoms with Crippen LogP contribution in [0.3, 0.4) is 0 Å². The highest BCUT2D eigenvalue weighted by atomic mass is 35.5. The molecule has 2 aromatic rings. The number of hydrogen-bond donors (Lipinski definition) is 3. The van der Waals surface area contributed by atoms with Gasteiger partial charge < -0.3 is 16.0 Å². The third-order valence-electron chi connectivity index (χ3n) is 4.82. The average Bonchev–Trinajstić information content (AvgIpc) is 2.94. The Morgan fingerprint density at radius 1 is 1.10 bits per heavy atom. The largest absolute Gasteiger partial charge is 0.352 e. The van der Waals surface area contributed by atoms with Crippen molar-refractivity contribution >= 4 is 52.6 Å². The van der Waals surface area contributed by atoms with Crippen LogP contribution in [0.5, 0.6) is 0 Å². The SMILES string of the molecule is CCNC(=O)c1cccc(NC(=O)CN2C(=O)N[C@@](C)(c3ccc(Cl)c(Cl)c3)C2=O)c1. The molecule has 1 heterocycles. The van der Waals surface area contributed by atoms with E-state index in [0.717, 1.165) is 4.90 Å². The number of imide groups is 1. The van der Waals surface area contributed by atoms with E-state index in [9.17, 15) is 19.2 Å². The lowest BCUT2D eigenvalue weighted by Gasteiger charge is -2.22. The van der Waals surface area contributed by atoms with Crippen LogP contribution in [0, 0.1) is 0 Å². The van der Waals surface area contributed by atoms with Crippen LogP contribution in [0.15, 0.2) is 42.5 Å². The highest BCUT2D eigenvalue weighted by Gasteiger charge is 2.49. The highest BCUT2D eigenvalue weighted by Crippen LogP contribution is 2.33. The minimum absolute atomic E-state index is 0.241. The van der Waals surface area contributed by atoms with Gasteiger partial charge in [-0.3, -0.25) is 19.3 Å². The molecule has 10 heteroatoms. The molecule has 5 amide bonds. The number of nitrogens with zero attached hydrogens (tertiary/aromatic N) is 1. The first-order chi connectivity index (χ1) is 14.7. The Kier molecular flexibility index (Phi) is 6.52. The maximum Gasteiger partial charge on any atom is 0.325 e. The Labute approximate surface area is 188 Å². The van der Waals surface area contributed by atoms with Crippen molar-refractivity contribution in [2.24, 2.45) is 0 Å². The molecule has 0 bridgehead atoms. The molecule has 31 heavy (non-hydrogen) atoms. The molecular formula is C21H20Cl2N4O4. The van der Waals surface area contributed by atoms with Gasteiger partial charge in [-0.05, 0) is 49.7 Å². The predicted octanol–water partition coefficient (Wildman–Crippen LogP) is 3.15. The van der Waals surface area contributed by atoms with Gasteiger partial charge in [0, 0.05) is 17.8 Å². The van der Waals surface area contributed by atoms with E-state index in [1.807, 2.05) is 0 Å². The predicted molar refractivity (Wildman–Crippen MR) is 117 cm³/mol. The smallest absolute Gasteiger partial charge is 0.325 e. The summed E-state index contributed by atoms with van der Waals surface area (Å²) in [6.45, 7) is 3.31. The summed E-state index contributed by atoms with van der Waals surface area (Å²) in [4.78, 5) is 50.7. The lowest BCUT2D eigenvalue weighted by atomic mass is 9.92. The summed E-state index contributed by atoms with van der Waals surface area (Å²) in [7, 11) is 0. The maximum absolute atomic E-state index is 13.0. The van der Waals surface area contributed by atoms with Crippen molar-refractivity contribution in [3.63, 3.8) is 0 Å². The molecule has 0 aromatic heterocycles. The highest BCUT2D eigenvalue weighted by molar-refractivity contribution is 6.42. The molecular weight excluding hydrogens is 443 g/mol. The van der Waals surface area contributed by atoms with E-state index in [2.05, 4.69) is 16.0 Å². The molecule has 1 atom stereocenters. The van der Waals surface area contributed by atoms with E-state index >= 15 is 0 Å². The zero-order valence-electron chi connectivity index (χ0n) is 16.8. The van der Waals surface area contributed by atoms with Gasteiger partial charge >= 0.3 is 6.03 Å². The van der Waals surface area contributed by atoms with Crippen molar-refractivity contribution in [3.05, 3.63) is 63.6 Å². The second kappa shape index (κ2) is 8.95. The standard InChI is InChI=1S/C21H20Cl2N4O4/c1-3-24-18(29)12-5-4-6-14(9-12)25-17(28)11-27-19(30)21(2,26-20(27)31)13-7-8-15(22)16(23)10-13/h4-10H,3,11H2,1-2H3,(H,24,29)(H,25,28)(H,26,31)/t21-/m0/s1. The Hall–Kier alpha value is -3.10. The van der Waals surface area contributed by atoms with Gasteiger partial charge in [-0.25, -0.2) is 4.79 Å². The number of halogens is 2. The van der Waals surface area contributed by atoms with Crippen molar-refractivity contribution < 1.29 is 19.2 Å². The molecule has 0 unspecified atom stereocenters. The van der Waals surface area contributed by atoms with Gasteiger partial charge in [-0.1, -0.05) is 35.3 Å². The second-order valence-corrected chi connectivity index (χ2v) is 7.88. The first kappa shape index (κ1) is 22.6. The zero-order chi connectivity index (χ0) is 22.8. The maximum atomic E-state index is 13.0. The van der Waals surface area contributed by atoms with E-state index in [0.29, 0.717) is 28.4 Å². The Morgan fingerprint density at radius 3 is 2.52 bits per heavy atom. The molecule has 0 aliphatic carbocycles. The summed E-state index contributed by atoms with van der Waals surface area (Å²) in [5.41, 5.74) is -0.198. The molecule has 162 valence electrons. The summed E-state index contributed by atoms with van der Waals surface area (Å²) in [6.07, 6.45) is 0. The number of anilines is 1. The lowest BCUT2D eigenvalue weighted by Crippen LogP contribution is -2.42. The Bertz CT molecular complexity index is 1080. The summed E-state index contributed by atoms with van der Waals surface area (Å²) in [5.74, 6) is -1.46. The third kappa shape index (κ3) is 4.65. The minimum Gasteiger partial charge on any atom is -0.352 e. The van der Waals surface area contributed by atoms with Gasteiger partial charge in [0.05, 0.1) is 10.0 Å². The fourth-order valence-corrected chi connectivity index (χ4v) is 3.49. The fourth-order valence-electron chi connectivity index (χ4n) is 3.19. The van der Waals surface area contributed by atoms with Gasteiger partial charge in [0.15, 0.2) is 0 Å². The van der Waals surface area contributed by atoms with Gasteiger partial charge in [0.2, 0.25) is 5.91 Å². The number of hydrogen-bond acceptors (Lipinski definition) is 4. The van der Waals surface area contributed by atoms with Crippen LogP contribution in [-0.2, 0) is 15.1 Å². The van der Waals surface area contributed by atoms with Gasteiger partial charge in [0.1, 0.15) is 12.1 Å².